The average molecular weight is 270 g/mol. The predicted molar refractivity (Wildman–Crippen MR) is 69.8 cm³/mol. The fraction of sp³-hybridized carbons (Fsp3) is 0.385. The molecule has 0 aliphatic heterocycles. The van der Waals surface area contributed by atoms with Gasteiger partial charge in [-0.2, -0.15) is 0 Å². The molecule has 0 radical (unpaired) electrons. The molecule has 0 bridgehead atoms. The second-order valence-electron chi connectivity index (χ2n) is 4.08. The summed E-state index contributed by atoms with van der Waals surface area (Å²) in [4.78, 5) is 21.7. The Balaban J connectivity index is 2.33. The van der Waals surface area contributed by atoms with Crippen LogP contribution in [0, 0.1) is 6.92 Å². The molecule has 0 unspecified atom stereocenters. The van der Waals surface area contributed by atoms with Crippen molar-refractivity contribution in [2.24, 2.45) is 0 Å². The molecule has 1 aromatic rings. The highest BCUT2D eigenvalue weighted by atomic mass is 35.5. The van der Waals surface area contributed by atoms with Crippen molar-refractivity contribution < 1.29 is 14.7 Å². The highest BCUT2D eigenvalue weighted by molar-refractivity contribution is 6.31. The predicted octanol–water partition coefficient (Wildman–Crippen LogP) is 2.17. The van der Waals surface area contributed by atoms with Crippen LogP contribution in [-0.4, -0.2) is 23.5 Å². The van der Waals surface area contributed by atoms with E-state index >= 15 is 0 Å². The molecule has 0 aliphatic carbocycles. The van der Waals surface area contributed by atoms with Gasteiger partial charge in [-0.3, -0.25) is 9.59 Å². The van der Waals surface area contributed by atoms with Crippen molar-refractivity contribution in [1.82, 2.24) is 5.32 Å². The highest BCUT2D eigenvalue weighted by Gasteiger charge is 2.04. The SMILES string of the molecule is Cc1ccc(CCC(=O)NCCC(=O)O)cc1Cl. The normalized spacial score (nSPS) is 10.1. The van der Waals surface area contributed by atoms with Gasteiger partial charge in [-0.15, -0.1) is 0 Å². The number of benzene rings is 1. The summed E-state index contributed by atoms with van der Waals surface area (Å²) in [6, 6.07) is 5.70. The number of carboxylic acids is 1. The molecule has 4 nitrogen and oxygen atoms in total. The Morgan fingerprint density at radius 2 is 2.06 bits per heavy atom. The van der Waals surface area contributed by atoms with Gasteiger partial charge in [-0.05, 0) is 30.5 Å². The van der Waals surface area contributed by atoms with Crippen LogP contribution >= 0.6 is 11.6 Å². The zero-order valence-corrected chi connectivity index (χ0v) is 11.0. The number of hydrogen-bond acceptors (Lipinski definition) is 2. The lowest BCUT2D eigenvalue weighted by molar-refractivity contribution is -0.136. The maximum atomic E-state index is 11.4. The monoisotopic (exact) mass is 269 g/mol. The van der Waals surface area contributed by atoms with Crippen molar-refractivity contribution in [2.45, 2.75) is 26.2 Å². The molecule has 0 aliphatic rings. The van der Waals surface area contributed by atoms with E-state index in [0.29, 0.717) is 17.9 Å². The molecule has 18 heavy (non-hydrogen) atoms. The van der Waals surface area contributed by atoms with Gasteiger partial charge in [0.2, 0.25) is 5.91 Å². The number of halogens is 1. The van der Waals surface area contributed by atoms with Gasteiger partial charge in [-0.25, -0.2) is 0 Å². The molecule has 1 amide bonds. The molecule has 0 aromatic heterocycles. The maximum absolute atomic E-state index is 11.4. The number of amides is 1. The fourth-order valence-corrected chi connectivity index (χ4v) is 1.65. The minimum Gasteiger partial charge on any atom is -0.481 e. The lowest BCUT2D eigenvalue weighted by Crippen LogP contribution is -2.26. The van der Waals surface area contributed by atoms with Gasteiger partial charge in [0.25, 0.3) is 0 Å². The first kappa shape index (κ1) is 14.5. The van der Waals surface area contributed by atoms with Crippen LogP contribution in [0.15, 0.2) is 18.2 Å². The van der Waals surface area contributed by atoms with Crippen molar-refractivity contribution in [3.8, 4) is 0 Å². The number of rotatable bonds is 6. The number of carbonyl (C=O) groups is 2. The number of carboxylic acid groups (broad SMARTS) is 1. The number of aliphatic carboxylic acids is 1. The summed E-state index contributed by atoms with van der Waals surface area (Å²) in [5, 5.41) is 11.7. The van der Waals surface area contributed by atoms with E-state index in [0.717, 1.165) is 11.1 Å². The second-order valence-corrected chi connectivity index (χ2v) is 4.48. The lowest BCUT2D eigenvalue weighted by Gasteiger charge is -2.05. The highest BCUT2D eigenvalue weighted by Crippen LogP contribution is 2.17. The Hall–Kier alpha value is -1.55. The minimum atomic E-state index is -0.916. The Morgan fingerprint density at radius 3 is 2.67 bits per heavy atom. The molecule has 98 valence electrons. The zero-order chi connectivity index (χ0) is 13.5. The molecular weight excluding hydrogens is 254 g/mol. The summed E-state index contributed by atoms with van der Waals surface area (Å²) in [5.41, 5.74) is 2.00. The van der Waals surface area contributed by atoms with Gasteiger partial charge >= 0.3 is 5.97 Å². The van der Waals surface area contributed by atoms with Crippen molar-refractivity contribution >= 4 is 23.5 Å². The molecular formula is C13H16ClNO3. The van der Waals surface area contributed by atoms with Gasteiger partial charge in [0, 0.05) is 18.0 Å². The largest absolute Gasteiger partial charge is 0.481 e. The van der Waals surface area contributed by atoms with E-state index in [-0.39, 0.29) is 18.9 Å². The first-order valence-electron chi connectivity index (χ1n) is 5.72. The molecule has 0 saturated carbocycles. The molecule has 1 rings (SSSR count). The number of aryl methyl sites for hydroxylation is 2. The molecule has 0 spiro atoms. The van der Waals surface area contributed by atoms with Gasteiger partial charge in [0.15, 0.2) is 0 Å². The topological polar surface area (TPSA) is 66.4 Å². The summed E-state index contributed by atoms with van der Waals surface area (Å²) >= 11 is 5.98. The molecule has 1 aromatic carbocycles. The summed E-state index contributed by atoms with van der Waals surface area (Å²) in [6.07, 6.45) is 0.875. The lowest BCUT2D eigenvalue weighted by atomic mass is 10.1. The molecule has 0 fully saturated rings. The third kappa shape index (κ3) is 5.19. The van der Waals surface area contributed by atoms with Crippen LogP contribution in [0.5, 0.6) is 0 Å². The van der Waals surface area contributed by atoms with Crippen LogP contribution in [0.4, 0.5) is 0 Å². The molecule has 5 heteroatoms. The van der Waals surface area contributed by atoms with E-state index in [9.17, 15) is 9.59 Å². The van der Waals surface area contributed by atoms with Crippen molar-refractivity contribution in [2.75, 3.05) is 6.54 Å². The average Bonchev–Trinajstić information content (AvgIpc) is 2.30. The van der Waals surface area contributed by atoms with Crippen LogP contribution < -0.4 is 5.32 Å². The molecule has 0 heterocycles. The van der Waals surface area contributed by atoms with Gasteiger partial charge in [-0.1, -0.05) is 23.7 Å². The van der Waals surface area contributed by atoms with Crippen LogP contribution in [-0.2, 0) is 16.0 Å². The smallest absolute Gasteiger partial charge is 0.305 e. The summed E-state index contributed by atoms with van der Waals surface area (Å²) < 4.78 is 0. The molecule has 0 atom stereocenters. The van der Waals surface area contributed by atoms with E-state index in [1.54, 1.807) is 0 Å². The Bertz CT molecular complexity index is 446. The maximum Gasteiger partial charge on any atom is 0.305 e. The fourth-order valence-electron chi connectivity index (χ4n) is 1.45. The third-order valence-corrected chi connectivity index (χ3v) is 2.95. The van der Waals surface area contributed by atoms with E-state index in [2.05, 4.69) is 5.32 Å². The first-order chi connectivity index (χ1) is 8.49. The quantitative estimate of drug-likeness (QED) is 0.832. The number of nitrogens with one attached hydrogen (secondary N) is 1. The van der Waals surface area contributed by atoms with Crippen LogP contribution in [0.3, 0.4) is 0 Å². The Kier molecular flexibility index (Phi) is 5.65. The summed E-state index contributed by atoms with van der Waals surface area (Å²) in [5.74, 6) is -1.06. The van der Waals surface area contributed by atoms with Crippen LogP contribution in [0.1, 0.15) is 24.0 Å². The van der Waals surface area contributed by atoms with Crippen molar-refractivity contribution in [3.63, 3.8) is 0 Å². The molecule has 0 saturated heterocycles. The summed E-state index contributed by atoms with van der Waals surface area (Å²) in [6.45, 7) is 2.09. The number of hydrogen-bond donors (Lipinski definition) is 2. The second kappa shape index (κ2) is 7.01. The Labute approximate surface area is 111 Å². The standard InChI is InChI=1S/C13H16ClNO3/c1-9-2-3-10(8-11(9)14)4-5-12(16)15-7-6-13(17)18/h2-3,8H,4-7H2,1H3,(H,15,16)(H,17,18). The van der Waals surface area contributed by atoms with E-state index in [4.69, 9.17) is 16.7 Å². The van der Waals surface area contributed by atoms with E-state index < -0.39 is 5.97 Å². The third-order valence-electron chi connectivity index (χ3n) is 2.54. The van der Waals surface area contributed by atoms with Crippen molar-refractivity contribution in [3.05, 3.63) is 34.3 Å². The minimum absolute atomic E-state index is 0.0535. The van der Waals surface area contributed by atoms with Gasteiger partial charge < -0.3 is 10.4 Å². The van der Waals surface area contributed by atoms with Gasteiger partial charge in [0.05, 0.1) is 6.42 Å². The van der Waals surface area contributed by atoms with E-state index in [1.807, 2.05) is 25.1 Å². The molecule has 2 N–H and O–H groups in total. The van der Waals surface area contributed by atoms with Crippen LogP contribution in [0.25, 0.3) is 0 Å². The summed E-state index contributed by atoms with van der Waals surface area (Å²) in [7, 11) is 0. The van der Waals surface area contributed by atoms with E-state index in [1.165, 1.54) is 0 Å². The van der Waals surface area contributed by atoms with Crippen LogP contribution in [0.2, 0.25) is 5.02 Å². The Morgan fingerprint density at radius 1 is 1.33 bits per heavy atom. The zero-order valence-electron chi connectivity index (χ0n) is 10.2. The van der Waals surface area contributed by atoms with Gasteiger partial charge in [0.1, 0.15) is 0 Å². The van der Waals surface area contributed by atoms with Crippen molar-refractivity contribution in [1.29, 1.82) is 0 Å². The number of carbonyl (C=O) groups excluding carboxylic acids is 1. The first-order valence-corrected chi connectivity index (χ1v) is 6.10.